The molecule has 0 saturated carbocycles. The fourth-order valence-corrected chi connectivity index (χ4v) is 6.45. The number of halogens is 2. The van der Waals surface area contributed by atoms with Gasteiger partial charge in [-0.25, -0.2) is 14.6 Å². The van der Waals surface area contributed by atoms with E-state index in [0.29, 0.717) is 52.2 Å². The molecule has 0 aliphatic carbocycles. The Morgan fingerprint density at radius 3 is 2.48 bits per heavy atom. The lowest BCUT2D eigenvalue weighted by molar-refractivity contribution is -0.127. The Bertz CT molecular complexity index is 1490. The third-order valence-electron chi connectivity index (χ3n) is 8.11. The van der Waals surface area contributed by atoms with Gasteiger partial charge in [0.1, 0.15) is 23.1 Å². The predicted octanol–water partition coefficient (Wildman–Crippen LogP) is 8.48. The van der Waals surface area contributed by atoms with Gasteiger partial charge in [0, 0.05) is 17.1 Å². The van der Waals surface area contributed by atoms with E-state index in [-0.39, 0.29) is 6.10 Å². The molecule has 1 N–H and O–H groups in total. The first kappa shape index (κ1) is 30.7. The van der Waals surface area contributed by atoms with E-state index >= 15 is 0 Å². The van der Waals surface area contributed by atoms with E-state index in [1.54, 1.807) is 6.33 Å². The first-order valence-electron chi connectivity index (χ1n) is 15.1. The minimum absolute atomic E-state index is 0.0449. The summed E-state index contributed by atoms with van der Waals surface area (Å²) in [5.74, 6) is 0.955. The molecule has 7 nitrogen and oxygen atoms in total. The average molecular weight is 611 g/mol. The molecule has 42 heavy (non-hydrogen) atoms. The number of benzene rings is 2. The number of aliphatic hydroxyl groups is 1. The standard InChI is InChI=1S/C33H41Cl2N5O2/c1-5-7-8-11-25(6-2)42-32-33(41,20-22(3)4)18-19-39(32)31-29-28(36-21-37-31)30(23-14-16-24(34)17-15-23)40(38-29)27-13-10-9-12-26(27)35/h9-10,12-17,21-22,25,32,41H,5-8,11,18-20H2,1-4H3. The summed E-state index contributed by atoms with van der Waals surface area (Å²) >= 11 is 12.9. The second-order valence-corrected chi connectivity index (χ2v) is 12.6. The summed E-state index contributed by atoms with van der Waals surface area (Å²) < 4.78 is 8.66. The molecule has 1 aliphatic heterocycles. The van der Waals surface area contributed by atoms with Crippen molar-refractivity contribution >= 4 is 40.1 Å². The van der Waals surface area contributed by atoms with E-state index < -0.39 is 11.8 Å². The van der Waals surface area contributed by atoms with Crippen LogP contribution in [0.1, 0.15) is 72.6 Å². The van der Waals surface area contributed by atoms with Crippen LogP contribution in [0.4, 0.5) is 5.82 Å². The predicted molar refractivity (Wildman–Crippen MR) is 172 cm³/mol. The second kappa shape index (κ2) is 13.3. The molecule has 9 heteroatoms. The minimum Gasteiger partial charge on any atom is -0.385 e. The van der Waals surface area contributed by atoms with Crippen LogP contribution in [0.15, 0.2) is 54.9 Å². The van der Waals surface area contributed by atoms with Gasteiger partial charge in [-0.1, -0.05) is 94.4 Å². The number of unbranched alkanes of at least 4 members (excludes halogenated alkanes) is 2. The zero-order valence-electron chi connectivity index (χ0n) is 24.9. The zero-order valence-corrected chi connectivity index (χ0v) is 26.4. The Kier molecular flexibility index (Phi) is 9.73. The molecule has 1 saturated heterocycles. The van der Waals surface area contributed by atoms with Gasteiger partial charge in [0.25, 0.3) is 0 Å². The number of ether oxygens (including phenoxy) is 1. The van der Waals surface area contributed by atoms with Crippen molar-refractivity contribution in [3.8, 4) is 16.9 Å². The Balaban J connectivity index is 1.64. The van der Waals surface area contributed by atoms with Crippen molar-refractivity contribution in [2.24, 2.45) is 5.92 Å². The molecule has 3 atom stereocenters. The highest BCUT2D eigenvalue weighted by atomic mass is 35.5. The van der Waals surface area contributed by atoms with Crippen LogP contribution in [0.25, 0.3) is 28.0 Å². The number of aromatic nitrogens is 4. The van der Waals surface area contributed by atoms with Crippen LogP contribution in [0.2, 0.25) is 10.0 Å². The molecule has 1 aliphatic rings. The van der Waals surface area contributed by atoms with Crippen LogP contribution in [-0.2, 0) is 4.74 Å². The topological polar surface area (TPSA) is 76.3 Å². The maximum absolute atomic E-state index is 12.1. The first-order valence-corrected chi connectivity index (χ1v) is 15.9. The van der Waals surface area contributed by atoms with E-state index in [9.17, 15) is 5.11 Å². The molecule has 3 heterocycles. The lowest BCUT2D eigenvalue weighted by Crippen LogP contribution is -2.49. The van der Waals surface area contributed by atoms with Gasteiger partial charge >= 0.3 is 0 Å². The van der Waals surface area contributed by atoms with Gasteiger partial charge in [0.15, 0.2) is 17.6 Å². The molecule has 224 valence electrons. The van der Waals surface area contributed by atoms with Crippen molar-refractivity contribution in [3.63, 3.8) is 0 Å². The number of rotatable bonds is 12. The molecule has 0 amide bonds. The van der Waals surface area contributed by atoms with E-state index in [2.05, 4.69) is 32.6 Å². The molecule has 0 radical (unpaired) electrons. The number of hydrogen-bond acceptors (Lipinski definition) is 6. The number of anilines is 1. The van der Waals surface area contributed by atoms with Crippen molar-refractivity contribution in [3.05, 3.63) is 64.9 Å². The van der Waals surface area contributed by atoms with Crippen molar-refractivity contribution in [1.29, 1.82) is 0 Å². The summed E-state index contributed by atoms with van der Waals surface area (Å²) in [7, 11) is 0. The highest BCUT2D eigenvalue weighted by Crippen LogP contribution is 2.42. The Labute approximate surface area is 258 Å². The van der Waals surface area contributed by atoms with E-state index in [1.165, 1.54) is 6.42 Å². The van der Waals surface area contributed by atoms with Crippen LogP contribution >= 0.6 is 23.2 Å². The minimum atomic E-state index is -1.01. The molecule has 0 bridgehead atoms. The van der Waals surface area contributed by atoms with Crippen molar-refractivity contribution in [1.82, 2.24) is 19.7 Å². The zero-order chi connectivity index (χ0) is 29.9. The van der Waals surface area contributed by atoms with Gasteiger partial charge in [-0.05, 0) is 55.9 Å². The first-order chi connectivity index (χ1) is 20.3. The quantitative estimate of drug-likeness (QED) is 0.162. The molecule has 3 unspecified atom stereocenters. The number of hydrogen-bond donors (Lipinski definition) is 1. The van der Waals surface area contributed by atoms with Crippen LogP contribution in [0.5, 0.6) is 0 Å². The number of fused-ring (bicyclic) bond motifs is 1. The van der Waals surface area contributed by atoms with Crippen LogP contribution in [0, 0.1) is 5.92 Å². The monoisotopic (exact) mass is 609 g/mol. The van der Waals surface area contributed by atoms with Gasteiger partial charge in [0.2, 0.25) is 0 Å². The van der Waals surface area contributed by atoms with Crippen molar-refractivity contribution in [2.45, 2.75) is 90.6 Å². The average Bonchev–Trinajstić information content (AvgIpc) is 3.50. The normalized spacial score (nSPS) is 19.7. The summed E-state index contributed by atoms with van der Waals surface area (Å²) in [6.45, 7) is 9.25. The maximum atomic E-state index is 12.1. The largest absolute Gasteiger partial charge is 0.385 e. The van der Waals surface area contributed by atoms with Crippen molar-refractivity contribution in [2.75, 3.05) is 11.4 Å². The fourth-order valence-electron chi connectivity index (χ4n) is 6.10. The van der Waals surface area contributed by atoms with E-state index in [1.807, 2.05) is 53.2 Å². The lowest BCUT2D eigenvalue weighted by Gasteiger charge is -2.37. The van der Waals surface area contributed by atoms with Crippen molar-refractivity contribution < 1.29 is 9.84 Å². The molecular formula is C33H41Cl2N5O2. The van der Waals surface area contributed by atoms with Crippen LogP contribution in [0.3, 0.4) is 0 Å². The van der Waals surface area contributed by atoms with Gasteiger partial charge in [0.05, 0.1) is 16.8 Å². The lowest BCUT2D eigenvalue weighted by atomic mass is 9.90. The highest BCUT2D eigenvalue weighted by molar-refractivity contribution is 6.32. The molecule has 0 spiro atoms. The third-order valence-corrected chi connectivity index (χ3v) is 8.68. The second-order valence-electron chi connectivity index (χ2n) is 11.8. The molecular weight excluding hydrogens is 569 g/mol. The SMILES string of the molecule is CCCCCC(CC)OC1N(c2ncnc3c(-c4ccc(Cl)cc4)n(-c4ccccc4Cl)nc23)CCC1(O)CC(C)C. The highest BCUT2D eigenvalue weighted by Gasteiger charge is 2.49. The summed E-state index contributed by atoms with van der Waals surface area (Å²) in [5.41, 5.74) is 2.74. The molecule has 1 fully saturated rings. The fraction of sp³-hybridized carbons (Fsp3) is 0.485. The number of para-hydroxylation sites is 1. The maximum Gasteiger partial charge on any atom is 0.162 e. The summed E-state index contributed by atoms with van der Waals surface area (Å²) in [4.78, 5) is 11.6. The molecule has 2 aromatic heterocycles. The van der Waals surface area contributed by atoms with Gasteiger partial charge in [-0.3, -0.25) is 0 Å². The number of nitrogens with zero attached hydrogens (tertiary/aromatic N) is 5. The molecule has 2 aromatic carbocycles. The summed E-state index contributed by atoms with van der Waals surface area (Å²) in [6.07, 6.45) is 7.58. The van der Waals surface area contributed by atoms with E-state index in [4.69, 9.17) is 43.0 Å². The van der Waals surface area contributed by atoms with Crippen LogP contribution < -0.4 is 4.90 Å². The summed E-state index contributed by atoms with van der Waals surface area (Å²) in [5, 5.41) is 18.4. The van der Waals surface area contributed by atoms with Gasteiger partial charge in [-0.15, -0.1) is 0 Å². The van der Waals surface area contributed by atoms with Crippen LogP contribution in [-0.4, -0.2) is 49.3 Å². The molecule has 4 aromatic rings. The van der Waals surface area contributed by atoms with Gasteiger partial charge in [-0.2, -0.15) is 5.10 Å². The summed E-state index contributed by atoms with van der Waals surface area (Å²) in [6, 6.07) is 15.2. The third kappa shape index (κ3) is 6.30. The van der Waals surface area contributed by atoms with Gasteiger partial charge < -0.3 is 14.7 Å². The Hall–Kier alpha value is -2.71. The smallest absolute Gasteiger partial charge is 0.162 e. The van der Waals surface area contributed by atoms with E-state index in [0.717, 1.165) is 42.6 Å². The molecule has 5 rings (SSSR count). The Morgan fingerprint density at radius 1 is 1.02 bits per heavy atom. The Morgan fingerprint density at radius 2 is 1.79 bits per heavy atom.